The zero-order chi connectivity index (χ0) is 12.5. The number of hydrogen-bond acceptors (Lipinski definition) is 1. The van der Waals surface area contributed by atoms with Gasteiger partial charge in [-0.05, 0) is 43.6 Å². The highest BCUT2D eigenvalue weighted by atomic mass is 35.5. The van der Waals surface area contributed by atoms with Crippen molar-refractivity contribution in [3.63, 3.8) is 0 Å². The van der Waals surface area contributed by atoms with Crippen molar-refractivity contribution in [1.29, 1.82) is 0 Å². The van der Waals surface area contributed by atoms with Gasteiger partial charge in [-0.3, -0.25) is 4.90 Å². The molecule has 1 fully saturated rings. The van der Waals surface area contributed by atoms with Gasteiger partial charge in [-0.15, -0.1) is 0 Å². The van der Waals surface area contributed by atoms with Crippen LogP contribution in [0.1, 0.15) is 24.8 Å². The predicted molar refractivity (Wildman–Crippen MR) is 77.1 cm³/mol. The van der Waals surface area contributed by atoms with Crippen molar-refractivity contribution >= 4 is 22.5 Å². The van der Waals surface area contributed by atoms with Crippen molar-refractivity contribution in [2.75, 3.05) is 13.1 Å². The summed E-state index contributed by atoms with van der Waals surface area (Å²) in [6.45, 7) is 3.47. The molecule has 1 aromatic heterocycles. The first-order chi connectivity index (χ1) is 8.75. The van der Waals surface area contributed by atoms with Crippen LogP contribution in [0, 0.1) is 0 Å². The lowest BCUT2D eigenvalue weighted by Crippen LogP contribution is -2.28. The molecule has 0 spiro atoms. The second-order valence-corrected chi connectivity index (χ2v) is 5.64. The molecule has 0 amide bonds. The summed E-state index contributed by atoms with van der Waals surface area (Å²) in [5, 5.41) is 2.10. The lowest BCUT2D eigenvalue weighted by Gasteiger charge is -2.26. The number of rotatable bonds is 2. The van der Waals surface area contributed by atoms with Gasteiger partial charge in [0.2, 0.25) is 0 Å². The average molecular weight is 263 g/mol. The molecular formula is C15H19ClN2. The standard InChI is InChI=1S/C15H19ClN2/c1-17-10-12(11-18-8-3-2-4-9-18)15-13(16)6-5-7-14(15)17/h5-7,10H,2-4,8-9,11H2,1H3. The van der Waals surface area contributed by atoms with Crippen molar-refractivity contribution in [2.24, 2.45) is 7.05 Å². The van der Waals surface area contributed by atoms with E-state index in [0.717, 1.165) is 11.6 Å². The van der Waals surface area contributed by atoms with Crippen molar-refractivity contribution in [3.05, 3.63) is 35.0 Å². The van der Waals surface area contributed by atoms with Crippen LogP contribution in [0.5, 0.6) is 0 Å². The Balaban J connectivity index is 1.96. The highest BCUT2D eigenvalue weighted by Crippen LogP contribution is 2.29. The smallest absolute Gasteiger partial charge is 0.0503 e. The maximum Gasteiger partial charge on any atom is 0.0503 e. The number of aromatic nitrogens is 1. The molecule has 0 unspecified atom stereocenters. The van der Waals surface area contributed by atoms with Gasteiger partial charge in [-0.25, -0.2) is 0 Å². The Labute approximate surface area is 113 Å². The first kappa shape index (κ1) is 12.1. The molecule has 18 heavy (non-hydrogen) atoms. The molecule has 1 saturated heterocycles. The molecular weight excluding hydrogens is 244 g/mol. The van der Waals surface area contributed by atoms with E-state index in [0.29, 0.717) is 0 Å². The molecule has 0 aliphatic carbocycles. The Morgan fingerprint density at radius 1 is 1.17 bits per heavy atom. The average Bonchev–Trinajstić information content (AvgIpc) is 2.69. The molecule has 0 N–H and O–H groups in total. The van der Waals surface area contributed by atoms with Crippen LogP contribution in [-0.2, 0) is 13.6 Å². The summed E-state index contributed by atoms with van der Waals surface area (Å²) in [7, 11) is 2.10. The van der Waals surface area contributed by atoms with Crippen molar-refractivity contribution in [1.82, 2.24) is 9.47 Å². The van der Waals surface area contributed by atoms with E-state index >= 15 is 0 Å². The fourth-order valence-electron chi connectivity index (χ4n) is 2.97. The summed E-state index contributed by atoms with van der Waals surface area (Å²) in [5.41, 5.74) is 2.59. The summed E-state index contributed by atoms with van der Waals surface area (Å²) in [6, 6.07) is 6.15. The fourth-order valence-corrected chi connectivity index (χ4v) is 3.26. The van der Waals surface area contributed by atoms with E-state index in [-0.39, 0.29) is 0 Å². The largest absolute Gasteiger partial charge is 0.350 e. The van der Waals surface area contributed by atoms with Crippen LogP contribution in [0.3, 0.4) is 0 Å². The van der Waals surface area contributed by atoms with Crippen LogP contribution in [0.4, 0.5) is 0 Å². The van der Waals surface area contributed by atoms with Gasteiger partial charge in [0.05, 0.1) is 5.02 Å². The molecule has 0 saturated carbocycles. The number of benzene rings is 1. The SMILES string of the molecule is Cn1cc(CN2CCCCC2)c2c(Cl)cccc21. The van der Waals surface area contributed by atoms with Gasteiger partial charge in [0.25, 0.3) is 0 Å². The van der Waals surface area contributed by atoms with Gasteiger partial charge in [0, 0.05) is 30.7 Å². The number of likely N-dealkylation sites (tertiary alicyclic amines) is 1. The molecule has 1 aromatic carbocycles. The Kier molecular flexibility index (Phi) is 3.31. The van der Waals surface area contributed by atoms with Crippen LogP contribution in [0.15, 0.2) is 24.4 Å². The normalized spacial score (nSPS) is 17.4. The third kappa shape index (κ3) is 2.15. The van der Waals surface area contributed by atoms with E-state index in [2.05, 4.69) is 28.8 Å². The van der Waals surface area contributed by atoms with E-state index in [1.165, 1.54) is 48.8 Å². The topological polar surface area (TPSA) is 8.17 Å². The molecule has 2 nitrogen and oxygen atoms in total. The molecule has 3 heteroatoms. The Morgan fingerprint density at radius 2 is 1.94 bits per heavy atom. The van der Waals surface area contributed by atoms with E-state index in [9.17, 15) is 0 Å². The fraction of sp³-hybridized carbons (Fsp3) is 0.467. The van der Waals surface area contributed by atoms with Gasteiger partial charge in [0.15, 0.2) is 0 Å². The minimum absolute atomic E-state index is 0.875. The maximum absolute atomic E-state index is 6.36. The first-order valence-corrected chi connectivity index (χ1v) is 7.08. The highest BCUT2D eigenvalue weighted by Gasteiger charge is 2.15. The summed E-state index contributed by atoms with van der Waals surface area (Å²) < 4.78 is 2.18. The molecule has 96 valence electrons. The number of halogens is 1. The van der Waals surface area contributed by atoms with Crippen molar-refractivity contribution < 1.29 is 0 Å². The molecule has 0 radical (unpaired) electrons. The third-order valence-electron chi connectivity index (χ3n) is 3.88. The zero-order valence-electron chi connectivity index (χ0n) is 10.8. The summed E-state index contributed by atoms with van der Waals surface area (Å²) in [6.07, 6.45) is 6.27. The van der Waals surface area contributed by atoms with Gasteiger partial charge < -0.3 is 4.57 Å². The van der Waals surface area contributed by atoms with Crippen LogP contribution < -0.4 is 0 Å². The highest BCUT2D eigenvalue weighted by molar-refractivity contribution is 6.35. The number of fused-ring (bicyclic) bond motifs is 1. The van der Waals surface area contributed by atoms with Gasteiger partial charge >= 0.3 is 0 Å². The summed E-state index contributed by atoms with van der Waals surface area (Å²) >= 11 is 6.36. The summed E-state index contributed by atoms with van der Waals surface area (Å²) in [5.74, 6) is 0. The Hall–Kier alpha value is -0.990. The van der Waals surface area contributed by atoms with E-state index in [4.69, 9.17) is 11.6 Å². The summed E-state index contributed by atoms with van der Waals surface area (Å²) in [4.78, 5) is 2.54. The van der Waals surface area contributed by atoms with Crippen LogP contribution >= 0.6 is 11.6 Å². The molecule has 0 bridgehead atoms. The monoisotopic (exact) mass is 262 g/mol. The van der Waals surface area contributed by atoms with Gasteiger partial charge in [0.1, 0.15) is 0 Å². The van der Waals surface area contributed by atoms with Gasteiger partial charge in [-0.1, -0.05) is 24.1 Å². The van der Waals surface area contributed by atoms with Crippen molar-refractivity contribution in [3.8, 4) is 0 Å². The maximum atomic E-state index is 6.36. The molecule has 2 heterocycles. The quantitative estimate of drug-likeness (QED) is 0.799. The number of piperidine rings is 1. The lowest BCUT2D eigenvalue weighted by molar-refractivity contribution is 0.221. The zero-order valence-corrected chi connectivity index (χ0v) is 11.6. The predicted octanol–water partition coefficient (Wildman–Crippen LogP) is 3.82. The first-order valence-electron chi connectivity index (χ1n) is 6.70. The van der Waals surface area contributed by atoms with E-state index in [1.807, 2.05) is 12.1 Å². The number of hydrogen-bond donors (Lipinski definition) is 0. The van der Waals surface area contributed by atoms with Crippen molar-refractivity contribution in [2.45, 2.75) is 25.8 Å². The molecule has 2 aromatic rings. The van der Waals surface area contributed by atoms with Crippen LogP contribution in [0.2, 0.25) is 5.02 Å². The molecule has 1 aliphatic heterocycles. The number of aryl methyl sites for hydroxylation is 1. The third-order valence-corrected chi connectivity index (χ3v) is 4.20. The lowest BCUT2D eigenvalue weighted by atomic mass is 10.1. The van der Waals surface area contributed by atoms with E-state index < -0.39 is 0 Å². The molecule has 1 aliphatic rings. The molecule has 3 rings (SSSR count). The number of nitrogens with zero attached hydrogens (tertiary/aromatic N) is 2. The van der Waals surface area contributed by atoms with Crippen LogP contribution in [-0.4, -0.2) is 22.6 Å². The second-order valence-electron chi connectivity index (χ2n) is 5.24. The Morgan fingerprint density at radius 3 is 2.72 bits per heavy atom. The van der Waals surface area contributed by atoms with E-state index in [1.54, 1.807) is 0 Å². The Bertz CT molecular complexity index is 553. The van der Waals surface area contributed by atoms with Gasteiger partial charge in [-0.2, -0.15) is 0 Å². The minimum Gasteiger partial charge on any atom is -0.350 e. The van der Waals surface area contributed by atoms with Crippen LogP contribution in [0.25, 0.3) is 10.9 Å². The second kappa shape index (κ2) is 4.94. The minimum atomic E-state index is 0.875. The molecule has 0 atom stereocenters.